The lowest BCUT2D eigenvalue weighted by atomic mass is 11.6. The van der Waals surface area contributed by atoms with Crippen LogP contribution in [-0.4, -0.2) is 11.9 Å². The Balaban J connectivity index is 2.34. The molecule has 0 radical (unpaired) electrons. The summed E-state index contributed by atoms with van der Waals surface area (Å²) >= 11 is 4.74. The second kappa shape index (κ2) is 5.97. The molecule has 0 atom stereocenters. The van der Waals surface area contributed by atoms with E-state index in [1.165, 1.54) is 0 Å². The molecule has 5 heteroatoms. The van der Waals surface area contributed by atoms with Crippen molar-refractivity contribution in [2.75, 3.05) is 6.79 Å². The molecule has 1 N–H and O–H groups in total. The summed E-state index contributed by atoms with van der Waals surface area (Å²) in [7, 11) is 1.16. The van der Waals surface area contributed by atoms with Gasteiger partial charge >= 0.3 is 0 Å². The molecule has 0 rings (SSSR count). The van der Waals surface area contributed by atoms with Gasteiger partial charge in [-0.05, 0) is 0 Å². The van der Waals surface area contributed by atoms with Crippen molar-refractivity contribution in [1.82, 2.24) is 0 Å². The second-order valence-electron chi connectivity index (χ2n) is 0.390. The van der Waals surface area contributed by atoms with E-state index in [1.54, 1.807) is 0 Å². The molecule has 0 aliphatic carbocycles. The minimum Gasteiger partial charge on any atom is -0.370 e. The van der Waals surface area contributed by atoms with Gasteiger partial charge in [-0.15, -0.1) is 0 Å². The van der Waals surface area contributed by atoms with Crippen LogP contribution in [0.25, 0.3) is 0 Å². The summed E-state index contributed by atoms with van der Waals surface area (Å²) in [6.45, 7) is -0.252. The highest BCUT2D eigenvalue weighted by Gasteiger charge is 1.76. The van der Waals surface area contributed by atoms with Gasteiger partial charge in [-0.25, -0.2) is 0 Å². The monoisotopic (exact) mass is 144 g/mol. The first-order valence-electron chi connectivity index (χ1n) is 1.12. The SMILES string of the molecule is OCOSSS. The topological polar surface area (TPSA) is 29.5 Å². The van der Waals surface area contributed by atoms with Crippen LogP contribution in [0.2, 0.25) is 0 Å². The summed E-state index contributed by atoms with van der Waals surface area (Å²) in [5.41, 5.74) is 0. The highest BCUT2D eigenvalue weighted by molar-refractivity contribution is 9.04. The molecule has 0 unspecified atom stereocenters. The fraction of sp³-hybridized carbons (Fsp3) is 1.00. The van der Waals surface area contributed by atoms with E-state index in [0.29, 0.717) is 0 Å². The molecule has 2 nitrogen and oxygen atoms in total. The Morgan fingerprint density at radius 2 is 2.50 bits per heavy atom. The van der Waals surface area contributed by atoms with Crippen molar-refractivity contribution in [3.8, 4) is 0 Å². The lowest BCUT2D eigenvalue weighted by molar-refractivity contribution is 0.122. The molecular weight excluding hydrogens is 140 g/mol. The van der Waals surface area contributed by atoms with Crippen molar-refractivity contribution in [2.45, 2.75) is 0 Å². The first-order valence-corrected chi connectivity index (χ1v) is 4.25. The Morgan fingerprint density at radius 1 is 1.83 bits per heavy atom. The van der Waals surface area contributed by atoms with Gasteiger partial charge in [0.15, 0.2) is 6.79 Å². The Hall–Kier alpha value is 0.970. The number of aliphatic hydroxyl groups excluding tert-OH is 1. The van der Waals surface area contributed by atoms with E-state index < -0.39 is 0 Å². The van der Waals surface area contributed by atoms with Crippen LogP contribution in [0, 0.1) is 0 Å². The molecule has 0 aromatic carbocycles. The largest absolute Gasteiger partial charge is 0.370 e. The minimum atomic E-state index is -0.252. The van der Waals surface area contributed by atoms with Gasteiger partial charge in [0.2, 0.25) is 0 Å². The van der Waals surface area contributed by atoms with E-state index in [2.05, 4.69) is 15.8 Å². The van der Waals surface area contributed by atoms with Crippen LogP contribution in [0.3, 0.4) is 0 Å². The number of hydrogen-bond acceptors (Lipinski definition) is 5. The van der Waals surface area contributed by atoms with Crippen molar-refractivity contribution in [2.24, 2.45) is 0 Å². The fourth-order valence-electron chi connectivity index (χ4n) is 0.0430. The predicted octanol–water partition coefficient (Wildman–Crippen LogP) is 1.09. The third-order valence-corrected chi connectivity index (χ3v) is 1.41. The molecule has 0 spiro atoms. The van der Waals surface area contributed by atoms with E-state index in [1.807, 2.05) is 0 Å². The van der Waals surface area contributed by atoms with Crippen molar-refractivity contribution >= 4 is 32.6 Å². The van der Waals surface area contributed by atoms with Crippen LogP contribution in [0.1, 0.15) is 0 Å². The van der Waals surface area contributed by atoms with Gasteiger partial charge in [0.1, 0.15) is 0 Å². The summed E-state index contributed by atoms with van der Waals surface area (Å²) < 4.78 is 4.34. The molecule has 0 saturated heterocycles. The first kappa shape index (κ1) is 6.97. The maximum atomic E-state index is 7.91. The molecule has 0 heterocycles. The van der Waals surface area contributed by atoms with Crippen molar-refractivity contribution in [3.63, 3.8) is 0 Å². The standard InChI is InChI=1S/CH4O2S3/c2-1-3-5-6-4/h2,4H,1H2. The van der Waals surface area contributed by atoms with E-state index in [0.717, 1.165) is 20.9 Å². The molecule has 38 valence electrons. The Morgan fingerprint density at radius 3 is 2.67 bits per heavy atom. The summed E-state index contributed by atoms with van der Waals surface area (Å²) in [6, 6.07) is 0. The molecule has 0 aromatic heterocycles. The average molecular weight is 144 g/mol. The van der Waals surface area contributed by atoms with Crippen LogP contribution in [0.15, 0.2) is 0 Å². The molecule has 0 saturated carbocycles. The quantitative estimate of drug-likeness (QED) is 0.204. The zero-order chi connectivity index (χ0) is 4.83. The summed E-state index contributed by atoms with van der Waals surface area (Å²) in [5, 5.41) is 7.91. The van der Waals surface area contributed by atoms with Crippen LogP contribution in [0.4, 0.5) is 0 Å². The van der Waals surface area contributed by atoms with E-state index in [4.69, 9.17) is 5.11 Å². The van der Waals surface area contributed by atoms with E-state index in [-0.39, 0.29) is 6.79 Å². The number of hydrogen-bond donors (Lipinski definition) is 2. The maximum absolute atomic E-state index is 7.91. The van der Waals surface area contributed by atoms with Gasteiger partial charge in [0, 0.05) is 9.83 Å². The summed E-state index contributed by atoms with van der Waals surface area (Å²) in [5.74, 6) is 0. The average Bonchev–Trinajstić information content (AvgIpc) is 1.61. The normalized spacial score (nSPS) is 9.00. The van der Waals surface area contributed by atoms with Gasteiger partial charge in [-0.3, -0.25) is 4.18 Å². The highest BCUT2D eigenvalue weighted by atomic mass is 33.5. The number of thiol groups is 1. The number of aliphatic hydroxyl groups is 1. The molecular formula is CH4O2S3. The van der Waals surface area contributed by atoms with Crippen LogP contribution in [0.5, 0.6) is 0 Å². The fourth-order valence-corrected chi connectivity index (χ4v) is 0.775. The molecule has 0 bridgehead atoms. The molecule has 0 fully saturated rings. The van der Waals surface area contributed by atoms with Crippen molar-refractivity contribution in [3.05, 3.63) is 0 Å². The van der Waals surface area contributed by atoms with Gasteiger partial charge in [-0.2, -0.15) is 0 Å². The minimum absolute atomic E-state index is 0.252. The summed E-state index contributed by atoms with van der Waals surface area (Å²) in [4.78, 5) is 0. The zero-order valence-corrected chi connectivity index (χ0v) is 5.35. The Kier molecular flexibility index (Phi) is 6.94. The molecule has 0 aliphatic heterocycles. The highest BCUT2D eigenvalue weighted by Crippen LogP contribution is 2.24. The molecule has 0 amide bonds. The molecule has 0 aromatic rings. The molecule has 0 aliphatic rings. The Labute approximate surface area is 49.1 Å². The van der Waals surface area contributed by atoms with E-state index >= 15 is 0 Å². The second-order valence-corrected chi connectivity index (χ2v) is 3.11. The first-order chi connectivity index (χ1) is 2.91. The van der Waals surface area contributed by atoms with Gasteiger partial charge < -0.3 is 5.11 Å². The third-order valence-electron chi connectivity index (χ3n) is 0.131. The smallest absolute Gasteiger partial charge is 0.158 e. The zero-order valence-electron chi connectivity index (χ0n) is 2.83. The Bertz CT molecular complexity index is 20.8. The van der Waals surface area contributed by atoms with Crippen LogP contribution in [-0.2, 0) is 4.18 Å². The van der Waals surface area contributed by atoms with Crippen molar-refractivity contribution in [1.29, 1.82) is 0 Å². The number of rotatable bonds is 3. The van der Waals surface area contributed by atoms with Crippen LogP contribution >= 0.6 is 32.6 Å². The van der Waals surface area contributed by atoms with E-state index in [9.17, 15) is 0 Å². The molecule has 6 heavy (non-hydrogen) atoms. The lowest BCUT2D eigenvalue weighted by Crippen LogP contribution is -1.75. The third kappa shape index (κ3) is 4.97. The lowest BCUT2D eigenvalue weighted by Gasteiger charge is -1.87. The van der Waals surface area contributed by atoms with Gasteiger partial charge in [0.25, 0.3) is 0 Å². The van der Waals surface area contributed by atoms with Crippen molar-refractivity contribution < 1.29 is 9.29 Å². The maximum Gasteiger partial charge on any atom is 0.158 e. The van der Waals surface area contributed by atoms with Gasteiger partial charge in [0.05, 0.1) is 11.1 Å². The predicted molar refractivity (Wildman–Crippen MR) is 32.3 cm³/mol. The van der Waals surface area contributed by atoms with Crippen LogP contribution < -0.4 is 0 Å². The summed E-state index contributed by atoms with van der Waals surface area (Å²) in [6.07, 6.45) is 0. The van der Waals surface area contributed by atoms with Gasteiger partial charge in [-0.1, -0.05) is 11.7 Å².